The zero-order chi connectivity index (χ0) is 22.7. The molecule has 0 atom stereocenters. The zero-order valence-corrected chi connectivity index (χ0v) is 21.3. The van der Waals surface area contributed by atoms with Gasteiger partial charge in [-0.3, -0.25) is 14.5 Å². The first-order valence-electron chi connectivity index (χ1n) is 9.55. The van der Waals surface area contributed by atoms with Gasteiger partial charge in [-0.15, -0.1) is 0 Å². The Morgan fingerprint density at radius 1 is 0.906 bits per heavy atom. The third-order valence-corrected chi connectivity index (χ3v) is 6.87. The first-order chi connectivity index (χ1) is 15.4. The maximum absolute atomic E-state index is 12.9. The molecule has 1 aliphatic heterocycles. The van der Waals surface area contributed by atoms with Crippen LogP contribution in [0, 0.1) is 0 Å². The maximum Gasteiger partial charge on any atom is 0.293 e. The lowest BCUT2D eigenvalue weighted by Gasteiger charge is -2.13. The van der Waals surface area contributed by atoms with Gasteiger partial charge < -0.3 is 4.74 Å². The molecule has 0 N–H and O–H groups in total. The molecular formula is C24H16Br2ClNO3S. The fraction of sp³-hybridized carbons (Fsp3) is 0.0833. The van der Waals surface area contributed by atoms with E-state index >= 15 is 0 Å². The molecule has 1 heterocycles. The summed E-state index contributed by atoms with van der Waals surface area (Å²) in [4.78, 5) is 27.1. The van der Waals surface area contributed by atoms with Crippen molar-refractivity contribution in [3.8, 4) is 5.75 Å². The van der Waals surface area contributed by atoms with E-state index in [0.29, 0.717) is 27.8 Å². The van der Waals surface area contributed by atoms with Crippen molar-refractivity contribution >= 4 is 72.4 Å². The van der Waals surface area contributed by atoms with Crippen molar-refractivity contribution in [2.45, 2.75) is 13.2 Å². The van der Waals surface area contributed by atoms with Crippen LogP contribution >= 0.6 is 55.2 Å². The first kappa shape index (κ1) is 23.1. The number of halogens is 3. The summed E-state index contributed by atoms with van der Waals surface area (Å²) < 4.78 is 7.78. The summed E-state index contributed by atoms with van der Waals surface area (Å²) in [5, 5.41) is 0.375. The Kier molecular flexibility index (Phi) is 7.40. The second-order valence-corrected chi connectivity index (χ2v) is 10.3. The van der Waals surface area contributed by atoms with Crippen molar-refractivity contribution < 1.29 is 14.3 Å². The number of imide groups is 1. The van der Waals surface area contributed by atoms with Crippen molar-refractivity contribution in [2.24, 2.45) is 0 Å². The van der Waals surface area contributed by atoms with Crippen LogP contribution in [0.25, 0.3) is 6.08 Å². The van der Waals surface area contributed by atoms with Crippen LogP contribution in [0.1, 0.15) is 16.7 Å². The lowest BCUT2D eigenvalue weighted by molar-refractivity contribution is -0.123. The fourth-order valence-electron chi connectivity index (χ4n) is 3.06. The molecule has 1 aliphatic rings. The van der Waals surface area contributed by atoms with Gasteiger partial charge in [0.25, 0.3) is 11.1 Å². The van der Waals surface area contributed by atoms with Crippen LogP contribution in [-0.4, -0.2) is 16.0 Å². The molecule has 0 aromatic heterocycles. The molecule has 1 saturated heterocycles. The standard InChI is InChI=1S/C24H16Br2ClNO3S/c25-18-5-1-15(2-6-18)13-28-23(29)22(32-24(28)30)12-17-11-19(26)7-10-21(17)31-14-16-3-8-20(27)9-4-16/h1-12H,13-14H2/b22-12-. The number of thioether (sulfide) groups is 1. The third kappa shape index (κ3) is 5.64. The molecule has 0 saturated carbocycles. The molecule has 8 heteroatoms. The molecule has 3 aromatic carbocycles. The van der Waals surface area contributed by atoms with Gasteiger partial charge in [0.05, 0.1) is 11.4 Å². The number of amides is 2. The van der Waals surface area contributed by atoms with Gasteiger partial charge in [0.2, 0.25) is 0 Å². The monoisotopic (exact) mass is 591 g/mol. The zero-order valence-electron chi connectivity index (χ0n) is 16.6. The number of rotatable bonds is 6. The molecule has 0 unspecified atom stereocenters. The highest BCUT2D eigenvalue weighted by Gasteiger charge is 2.35. The normalized spacial score (nSPS) is 15.0. The number of carbonyl (C=O) groups is 2. The van der Waals surface area contributed by atoms with Crippen LogP contribution in [-0.2, 0) is 17.9 Å². The Bertz CT molecular complexity index is 1200. The quantitative estimate of drug-likeness (QED) is 0.275. The minimum atomic E-state index is -0.313. The topological polar surface area (TPSA) is 46.6 Å². The summed E-state index contributed by atoms with van der Waals surface area (Å²) in [5.41, 5.74) is 2.56. The number of benzene rings is 3. The predicted molar refractivity (Wildman–Crippen MR) is 136 cm³/mol. The minimum Gasteiger partial charge on any atom is -0.488 e. The van der Waals surface area contributed by atoms with E-state index in [-0.39, 0.29) is 17.7 Å². The molecule has 0 radical (unpaired) electrons. The molecule has 32 heavy (non-hydrogen) atoms. The van der Waals surface area contributed by atoms with Crippen LogP contribution in [0.4, 0.5) is 4.79 Å². The average Bonchev–Trinajstić information content (AvgIpc) is 3.03. The number of ether oxygens (including phenoxy) is 1. The SMILES string of the molecule is O=C1S/C(=C\c2cc(Br)ccc2OCc2ccc(Cl)cc2)C(=O)N1Cc1ccc(Br)cc1. The van der Waals surface area contributed by atoms with Gasteiger partial charge in [-0.25, -0.2) is 0 Å². The first-order valence-corrected chi connectivity index (χ1v) is 12.3. The molecule has 0 spiro atoms. The van der Waals surface area contributed by atoms with Crippen LogP contribution in [0.15, 0.2) is 80.6 Å². The summed E-state index contributed by atoms with van der Waals surface area (Å²) in [6.45, 7) is 0.582. The summed E-state index contributed by atoms with van der Waals surface area (Å²) in [5.74, 6) is 0.300. The Balaban J connectivity index is 1.54. The minimum absolute atomic E-state index is 0.230. The molecule has 3 aromatic rings. The van der Waals surface area contributed by atoms with Gasteiger partial charge in [-0.1, -0.05) is 67.7 Å². The van der Waals surface area contributed by atoms with Gasteiger partial charge in [0.1, 0.15) is 12.4 Å². The van der Waals surface area contributed by atoms with Crippen molar-refractivity contribution in [3.05, 3.63) is 102 Å². The predicted octanol–water partition coefficient (Wildman–Crippen LogP) is 7.68. The average molecular weight is 594 g/mol. The lowest BCUT2D eigenvalue weighted by Crippen LogP contribution is -2.27. The molecule has 4 nitrogen and oxygen atoms in total. The van der Waals surface area contributed by atoms with E-state index in [1.807, 2.05) is 66.7 Å². The van der Waals surface area contributed by atoms with Gasteiger partial charge >= 0.3 is 0 Å². The van der Waals surface area contributed by atoms with E-state index in [1.165, 1.54) is 4.90 Å². The van der Waals surface area contributed by atoms with E-state index in [9.17, 15) is 9.59 Å². The molecule has 4 rings (SSSR count). The van der Waals surface area contributed by atoms with Crippen LogP contribution in [0.2, 0.25) is 5.02 Å². The molecule has 0 aliphatic carbocycles. The van der Waals surface area contributed by atoms with E-state index in [0.717, 1.165) is 31.8 Å². The molecule has 162 valence electrons. The molecule has 1 fully saturated rings. The largest absolute Gasteiger partial charge is 0.488 e. The summed E-state index contributed by atoms with van der Waals surface area (Å²) in [6.07, 6.45) is 1.70. The molecule has 0 bridgehead atoms. The van der Waals surface area contributed by atoms with Gasteiger partial charge in [-0.05, 0) is 71.4 Å². The smallest absolute Gasteiger partial charge is 0.293 e. The summed E-state index contributed by atoms with van der Waals surface area (Å²) >= 11 is 13.7. The summed E-state index contributed by atoms with van der Waals surface area (Å²) in [6, 6.07) is 20.5. The van der Waals surface area contributed by atoms with E-state index in [1.54, 1.807) is 6.08 Å². The number of hydrogen-bond acceptors (Lipinski definition) is 4. The van der Waals surface area contributed by atoms with Crippen molar-refractivity contribution in [1.82, 2.24) is 4.90 Å². The van der Waals surface area contributed by atoms with Gasteiger partial charge in [0, 0.05) is 19.5 Å². The number of nitrogens with zero attached hydrogens (tertiary/aromatic N) is 1. The van der Waals surface area contributed by atoms with Crippen LogP contribution < -0.4 is 4.74 Å². The Hall–Kier alpha value is -2.06. The number of carbonyl (C=O) groups excluding carboxylic acids is 2. The van der Waals surface area contributed by atoms with E-state index in [4.69, 9.17) is 16.3 Å². The lowest BCUT2D eigenvalue weighted by atomic mass is 10.1. The van der Waals surface area contributed by atoms with Crippen molar-refractivity contribution in [1.29, 1.82) is 0 Å². The Morgan fingerprint density at radius 3 is 2.28 bits per heavy atom. The maximum atomic E-state index is 12.9. The molecule has 2 amide bonds. The Labute approximate surface area is 211 Å². The molecular weight excluding hydrogens is 578 g/mol. The third-order valence-electron chi connectivity index (χ3n) is 4.69. The second-order valence-electron chi connectivity index (χ2n) is 6.99. The van der Waals surface area contributed by atoms with Crippen LogP contribution in [0.5, 0.6) is 5.75 Å². The van der Waals surface area contributed by atoms with Crippen LogP contribution in [0.3, 0.4) is 0 Å². The fourth-order valence-corrected chi connectivity index (χ4v) is 4.65. The van der Waals surface area contributed by atoms with Crippen molar-refractivity contribution in [3.63, 3.8) is 0 Å². The highest BCUT2D eigenvalue weighted by molar-refractivity contribution is 9.10. The summed E-state index contributed by atoms with van der Waals surface area (Å²) in [7, 11) is 0. The Morgan fingerprint density at radius 2 is 1.56 bits per heavy atom. The highest BCUT2D eigenvalue weighted by Crippen LogP contribution is 2.36. The van der Waals surface area contributed by atoms with Crippen molar-refractivity contribution in [2.75, 3.05) is 0 Å². The number of hydrogen-bond donors (Lipinski definition) is 0. The van der Waals surface area contributed by atoms with E-state index in [2.05, 4.69) is 31.9 Å². The van der Waals surface area contributed by atoms with Gasteiger partial charge in [0.15, 0.2) is 0 Å². The van der Waals surface area contributed by atoms with E-state index < -0.39 is 0 Å². The highest BCUT2D eigenvalue weighted by atomic mass is 79.9. The van der Waals surface area contributed by atoms with Gasteiger partial charge in [-0.2, -0.15) is 0 Å². The second kappa shape index (κ2) is 10.3.